The minimum atomic E-state index is -0.456. The van der Waals surface area contributed by atoms with Gasteiger partial charge in [-0.1, -0.05) is 133 Å². The summed E-state index contributed by atoms with van der Waals surface area (Å²) in [5.74, 6) is 0. The van der Waals surface area contributed by atoms with Crippen LogP contribution in [0.5, 0.6) is 0 Å². The number of fused-ring (bicyclic) bond motifs is 7. The maximum absolute atomic E-state index is 9.40. The quantitative estimate of drug-likeness (QED) is 0.199. The molecule has 9 aromatic rings. The first-order chi connectivity index (χ1) is 26.0. The first-order valence-corrected chi connectivity index (χ1v) is 14.3. The molecule has 0 saturated heterocycles. The van der Waals surface area contributed by atoms with Gasteiger partial charge in [0.15, 0.2) is 0 Å². The van der Waals surface area contributed by atoms with Crippen molar-refractivity contribution >= 4 is 43.6 Å². The van der Waals surface area contributed by atoms with Crippen LogP contribution in [0.1, 0.15) is 13.7 Å². The molecule has 2 heteroatoms. The monoisotopic (exact) mass is 570 g/mol. The van der Waals surface area contributed by atoms with E-state index in [-0.39, 0.29) is 41.8 Å². The van der Waals surface area contributed by atoms with Gasteiger partial charge in [-0.15, -0.1) is 0 Å². The van der Waals surface area contributed by atoms with Crippen molar-refractivity contribution in [2.24, 2.45) is 0 Å². The molecule has 7 aromatic carbocycles. The van der Waals surface area contributed by atoms with Crippen molar-refractivity contribution in [3.63, 3.8) is 0 Å². The fraction of sp³-hybridized carbons (Fsp3) is 0. The highest BCUT2D eigenvalue weighted by Crippen LogP contribution is 2.42. The molecule has 0 radical (unpaired) electrons. The molecule has 206 valence electrons. The van der Waals surface area contributed by atoms with Crippen molar-refractivity contribution in [2.45, 2.75) is 0 Å². The zero-order valence-corrected chi connectivity index (χ0v) is 23.3. The first kappa shape index (κ1) is 16.7. The third-order valence-corrected chi connectivity index (χ3v) is 8.19. The van der Waals surface area contributed by atoms with Gasteiger partial charge in [0.1, 0.15) is 0 Å². The molecule has 0 fully saturated rings. The third kappa shape index (κ3) is 3.75. The molecule has 0 bridgehead atoms. The molecule has 2 nitrogen and oxygen atoms in total. The molecule has 0 N–H and O–H groups in total. The number of rotatable bonds is 4. The zero-order valence-electron chi connectivity index (χ0n) is 33.3. The van der Waals surface area contributed by atoms with E-state index < -0.39 is 18.1 Å². The van der Waals surface area contributed by atoms with Crippen LogP contribution in [0, 0.1) is 0 Å². The van der Waals surface area contributed by atoms with E-state index in [9.17, 15) is 2.74 Å². The Kier molecular flexibility index (Phi) is 3.74. The molecule has 0 spiro atoms. The fourth-order valence-corrected chi connectivity index (χ4v) is 6.24. The van der Waals surface area contributed by atoms with Crippen molar-refractivity contribution in [3.8, 4) is 33.6 Å². The summed E-state index contributed by atoms with van der Waals surface area (Å²) in [6.45, 7) is 0. The van der Waals surface area contributed by atoms with Crippen molar-refractivity contribution in [3.05, 3.63) is 170 Å². The molecule has 0 unspecified atom stereocenters. The third-order valence-electron chi connectivity index (χ3n) is 8.19. The Morgan fingerprint density at radius 3 is 1.43 bits per heavy atom. The van der Waals surface area contributed by atoms with E-state index in [0.29, 0.717) is 55.9 Å². The van der Waals surface area contributed by atoms with E-state index in [0.717, 1.165) is 21.8 Å². The van der Waals surface area contributed by atoms with Gasteiger partial charge in [-0.05, 0) is 58.7 Å². The lowest BCUT2D eigenvalue weighted by molar-refractivity contribution is 1.15. The smallest absolute Gasteiger partial charge is 0.0788 e. The predicted molar refractivity (Wildman–Crippen MR) is 186 cm³/mol. The molecule has 0 aliphatic heterocycles. The maximum atomic E-state index is 9.40. The van der Waals surface area contributed by atoms with Crippen LogP contribution >= 0.6 is 0 Å². The van der Waals surface area contributed by atoms with Crippen molar-refractivity contribution in [1.82, 2.24) is 9.13 Å². The van der Waals surface area contributed by atoms with E-state index in [1.54, 1.807) is 48.5 Å². The van der Waals surface area contributed by atoms with Gasteiger partial charge in [0.2, 0.25) is 0 Å². The first-order valence-electron chi connectivity index (χ1n) is 19.3. The molecule has 0 atom stereocenters. The molecular formula is C42H28N2. The molecule has 44 heavy (non-hydrogen) atoms. The molecule has 0 amide bonds. The largest absolute Gasteiger partial charge is 0.307 e. The summed E-state index contributed by atoms with van der Waals surface area (Å²) in [4.78, 5) is 0. The predicted octanol–water partition coefficient (Wildman–Crippen LogP) is 11.2. The lowest BCUT2D eigenvalue weighted by atomic mass is 10.1. The molecular weight excluding hydrogens is 532 g/mol. The maximum Gasteiger partial charge on any atom is 0.0788 e. The summed E-state index contributed by atoms with van der Waals surface area (Å²) in [5, 5.41) is 2.62. The summed E-state index contributed by atoms with van der Waals surface area (Å²) < 4.78 is 90.3. The Morgan fingerprint density at radius 1 is 0.341 bits per heavy atom. The standard InChI is InChI=1S/C42H28N2/c1-3-11-29(12-4-1)31-19-23-33(24-20-31)43-39-17-9-7-15-35(39)37-27-28-38-36-16-8-10-18-40(36)44(42(38)41(37)43)34-25-21-32(22-26-34)30-13-5-2-6-14-30/h1-28H/i1D,2D,3D,4D,11D,12D,21D,22D,27D,28D. The van der Waals surface area contributed by atoms with Gasteiger partial charge >= 0.3 is 0 Å². The van der Waals surface area contributed by atoms with Crippen LogP contribution < -0.4 is 0 Å². The SMILES string of the molecule is [2H]c1ccc(-c2c([2H])cc(-n3c4ccccc4c4c([2H])c([2H])c5c6ccccc6n(-c6ccc(-c7c([2H])c([2H])c([2H])c([2H])c7[2H])cc6)c5c43)cc2[2H])cc1. The summed E-state index contributed by atoms with van der Waals surface area (Å²) in [7, 11) is 0. The van der Waals surface area contributed by atoms with Crippen LogP contribution in [0.2, 0.25) is 0 Å². The topological polar surface area (TPSA) is 9.86 Å². The van der Waals surface area contributed by atoms with Gasteiger partial charge in [-0.2, -0.15) is 0 Å². The van der Waals surface area contributed by atoms with Crippen LogP contribution in [0.15, 0.2) is 170 Å². The molecule has 2 aromatic heterocycles. The van der Waals surface area contributed by atoms with Crippen LogP contribution in [0.4, 0.5) is 0 Å². The fourth-order valence-electron chi connectivity index (χ4n) is 6.24. The number of aromatic nitrogens is 2. The van der Waals surface area contributed by atoms with Crippen LogP contribution in [0.3, 0.4) is 0 Å². The Hall–Kier alpha value is -5.86. The van der Waals surface area contributed by atoms with E-state index in [1.807, 2.05) is 69.8 Å². The van der Waals surface area contributed by atoms with Gasteiger partial charge in [0.25, 0.3) is 0 Å². The van der Waals surface area contributed by atoms with Crippen molar-refractivity contribution < 1.29 is 13.7 Å². The highest BCUT2D eigenvalue weighted by molar-refractivity contribution is 6.23. The number of para-hydroxylation sites is 2. The summed E-state index contributed by atoms with van der Waals surface area (Å²) >= 11 is 0. The van der Waals surface area contributed by atoms with Crippen LogP contribution in [-0.4, -0.2) is 9.13 Å². The van der Waals surface area contributed by atoms with Crippen LogP contribution in [0.25, 0.3) is 77.2 Å². The van der Waals surface area contributed by atoms with Gasteiger partial charge in [0.05, 0.1) is 35.8 Å². The van der Waals surface area contributed by atoms with E-state index in [4.69, 9.17) is 11.0 Å². The van der Waals surface area contributed by atoms with E-state index in [1.165, 1.54) is 0 Å². The zero-order chi connectivity index (χ0) is 37.7. The Morgan fingerprint density at radius 2 is 0.841 bits per heavy atom. The number of benzene rings is 7. The van der Waals surface area contributed by atoms with Crippen LogP contribution in [-0.2, 0) is 0 Å². The average molecular weight is 571 g/mol. The second-order valence-corrected chi connectivity index (χ2v) is 10.6. The number of hydrogen-bond donors (Lipinski definition) is 0. The molecule has 0 aliphatic rings. The van der Waals surface area contributed by atoms with Gasteiger partial charge in [-0.25, -0.2) is 0 Å². The Labute approximate surface area is 269 Å². The second-order valence-electron chi connectivity index (χ2n) is 10.6. The molecule has 0 saturated carbocycles. The average Bonchev–Trinajstić information content (AvgIpc) is 3.70. The van der Waals surface area contributed by atoms with Gasteiger partial charge in [0, 0.05) is 32.9 Å². The molecule has 0 aliphatic carbocycles. The number of nitrogens with zero attached hydrogens (tertiary/aromatic N) is 2. The number of hydrogen-bond acceptors (Lipinski definition) is 0. The van der Waals surface area contributed by atoms with Crippen molar-refractivity contribution in [2.75, 3.05) is 0 Å². The summed E-state index contributed by atoms with van der Waals surface area (Å²) in [6.07, 6.45) is 0. The molecule has 2 heterocycles. The highest BCUT2D eigenvalue weighted by Gasteiger charge is 2.21. The highest BCUT2D eigenvalue weighted by atomic mass is 15.0. The lowest BCUT2D eigenvalue weighted by Crippen LogP contribution is -1.98. The normalized spacial score (nSPS) is 14.8. The van der Waals surface area contributed by atoms with E-state index in [2.05, 4.69) is 0 Å². The van der Waals surface area contributed by atoms with Gasteiger partial charge < -0.3 is 9.13 Å². The Balaban J connectivity index is 1.38. The van der Waals surface area contributed by atoms with E-state index >= 15 is 0 Å². The second kappa shape index (κ2) is 9.86. The summed E-state index contributed by atoms with van der Waals surface area (Å²) in [5.41, 5.74) is 5.67. The molecule has 9 rings (SSSR count). The Bertz CT molecular complexity index is 2980. The van der Waals surface area contributed by atoms with Gasteiger partial charge in [-0.3, -0.25) is 0 Å². The van der Waals surface area contributed by atoms with Crippen molar-refractivity contribution in [1.29, 1.82) is 0 Å². The minimum absolute atomic E-state index is 0.0520. The summed E-state index contributed by atoms with van der Waals surface area (Å²) in [6, 6.07) is 31.4. The lowest BCUT2D eigenvalue weighted by Gasteiger charge is -2.13. The minimum Gasteiger partial charge on any atom is -0.307 e.